The fourth-order valence-corrected chi connectivity index (χ4v) is 6.23. The molecule has 0 spiro atoms. The Morgan fingerprint density at radius 2 is 1.71 bits per heavy atom. The molecule has 1 amide bonds. The lowest BCUT2D eigenvalue weighted by atomic mass is 9.96. The smallest absolute Gasteiger partial charge is 0.219 e. The highest BCUT2D eigenvalue weighted by Gasteiger charge is 2.21. The first kappa shape index (κ1) is 39.1. The van der Waals surface area contributed by atoms with Crippen LogP contribution >= 0.6 is 23.2 Å². The first-order chi connectivity index (χ1) is 23.3. The molecule has 0 aliphatic carbocycles. The van der Waals surface area contributed by atoms with Crippen LogP contribution in [0.5, 0.6) is 0 Å². The van der Waals surface area contributed by atoms with E-state index in [9.17, 15) is 14.4 Å². The molecular formula is C35H49Cl2N7O4. The number of anilines is 1. The number of aldehydes is 2. The highest BCUT2D eigenvalue weighted by atomic mass is 35.5. The summed E-state index contributed by atoms with van der Waals surface area (Å²) in [6.45, 7) is 11.2. The van der Waals surface area contributed by atoms with Gasteiger partial charge in [0.1, 0.15) is 17.9 Å². The molecule has 3 N–H and O–H groups in total. The first-order valence-corrected chi connectivity index (χ1v) is 17.3. The Labute approximate surface area is 294 Å². The van der Waals surface area contributed by atoms with Gasteiger partial charge >= 0.3 is 0 Å². The quantitative estimate of drug-likeness (QED) is 0.178. The minimum atomic E-state index is 0.0533. The van der Waals surface area contributed by atoms with Gasteiger partial charge in [-0.1, -0.05) is 37.0 Å². The van der Waals surface area contributed by atoms with E-state index in [4.69, 9.17) is 33.3 Å². The number of hydrogen-bond donors (Lipinski definition) is 3. The van der Waals surface area contributed by atoms with Crippen LogP contribution in [-0.2, 0) is 20.9 Å². The molecule has 1 aromatic carbocycles. The Morgan fingerprint density at radius 1 is 1.02 bits per heavy atom. The number of halogens is 2. The lowest BCUT2D eigenvalue weighted by Gasteiger charge is -2.36. The Balaban J connectivity index is 0.00000307. The second-order valence-electron chi connectivity index (χ2n) is 12.1. The number of hydrogen-bond acceptors (Lipinski definition) is 10. The Hall–Kier alpha value is -3.35. The highest BCUT2D eigenvalue weighted by Crippen LogP contribution is 2.29. The van der Waals surface area contributed by atoms with Crippen LogP contribution in [0.2, 0.25) is 10.0 Å². The van der Waals surface area contributed by atoms with Gasteiger partial charge in [-0.2, -0.15) is 0 Å². The van der Waals surface area contributed by atoms with E-state index in [0.717, 1.165) is 108 Å². The molecule has 2 fully saturated rings. The maximum absolute atomic E-state index is 11.7. The van der Waals surface area contributed by atoms with E-state index in [1.54, 1.807) is 12.3 Å². The van der Waals surface area contributed by atoms with E-state index in [0.29, 0.717) is 40.3 Å². The maximum Gasteiger partial charge on any atom is 0.219 e. The number of rotatable bonds is 15. The zero-order valence-corrected chi connectivity index (χ0v) is 29.7. The summed E-state index contributed by atoms with van der Waals surface area (Å²) < 4.78 is 0. The van der Waals surface area contributed by atoms with Crippen LogP contribution in [0.1, 0.15) is 45.1 Å². The summed E-state index contributed by atoms with van der Waals surface area (Å²) in [5.74, 6) is 1.93. The normalized spacial score (nSPS) is 17.0. The number of amides is 1. The number of aliphatic hydroxyl groups is 1. The van der Waals surface area contributed by atoms with Crippen molar-refractivity contribution in [2.24, 2.45) is 16.8 Å². The summed E-state index contributed by atoms with van der Waals surface area (Å²) in [5.41, 5.74) is 2.65. The fourth-order valence-electron chi connectivity index (χ4n) is 5.70. The number of nitrogens with one attached hydrogen (secondary N) is 2. The lowest BCUT2D eigenvalue weighted by Crippen LogP contribution is -2.46. The number of piperazine rings is 1. The summed E-state index contributed by atoms with van der Waals surface area (Å²) in [7, 11) is 1.00. The van der Waals surface area contributed by atoms with Crippen LogP contribution in [0.15, 0.2) is 47.3 Å². The topological polar surface area (TPSA) is 130 Å². The summed E-state index contributed by atoms with van der Waals surface area (Å²) >= 11 is 12.7. The van der Waals surface area contributed by atoms with Crippen molar-refractivity contribution in [1.82, 2.24) is 25.0 Å². The van der Waals surface area contributed by atoms with Crippen molar-refractivity contribution in [2.75, 3.05) is 64.8 Å². The standard InChI is InChI=1S/C34H45Cl2N7O3.CH4O/c1-3-34(46)39-21-26-5-9-42(10-6-26)23-27-16-31(28-18-29(35)20-30(36)19-28)40-32(17-27)38-22-33(37-7-15-44)43-13-11-41(12-14-43)8-4-25(2)24-45;1-2/h7,15-20,22,24-26H,3-6,8-14,21,23H2,1-2H3,(H,38,40)(H,39,46);2H,1H3/b33-22+,37-7-;. The van der Waals surface area contributed by atoms with E-state index in [1.165, 1.54) is 6.21 Å². The number of aliphatic hydroxyl groups excluding tert-OH is 1. The molecule has 2 aromatic rings. The van der Waals surface area contributed by atoms with E-state index < -0.39 is 0 Å². The minimum Gasteiger partial charge on any atom is -0.400 e. The summed E-state index contributed by atoms with van der Waals surface area (Å²) in [6, 6.07) is 9.51. The number of piperidine rings is 1. The van der Waals surface area contributed by atoms with Gasteiger partial charge in [0.05, 0.1) is 11.9 Å². The van der Waals surface area contributed by atoms with E-state index in [2.05, 4.69) is 36.4 Å². The zero-order valence-electron chi connectivity index (χ0n) is 28.2. The average Bonchev–Trinajstić information content (AvgIpc) is 3.10. The SMILES string of the molecule is CCC(=O)NCC1CCN(Cc2cc(N/C=C(\N=C/C=O)N3CCN(CCC(C)C=O)CC3)nc(-c3cc(Cl)cc(Cl)c3)c2)CC1.CO. The van der Waals surface area contributed by atoms with Gasteiger partial charge in [-0.3, -0.25) is 19.4 Å². The molecule has 0 saturated carbocycles. The average molecular weight is 703 g/mol. The van der Waals surface area contributed by atoms with E-state index >= 15 is 0 Å². The van der Waals surface area contributed by atoms with E-state index in [-0.39, 0.29) is 11.8 Å². The van der Waals surface area contributed by atoms with Crippen molar-refractivity contribution in [3.05, 3.63) is 58.0 Å². The zero-order chi connectivity index (χ0) is 34.9. The second-order valence-corrected chi connectivity index (χ2v) is 12.9. The Morgan fingerprint density at radius 3 is 2.33 bits per heavy atom. The third-order valence-corrected chi connectivity index (χ3v) is 8.95. The van der Waals surface area contributed by atoms with Gasteiger partial charge in [0, 0.05) is 80.5 Å². The molecule has 2 aliphatic rings. The molecular weight excluding hydrogens is 653 g/mol. The fraction of sp³-hybridized carbons (Fsp3) is 0.514. The Bertz CT molecular complexity index is 1370. The number of carbonyl (C=O) groups excluding carboxylic acids is 3. The van der Waals surface area contributed by atoms with Crippen molar-refractivity contribution in [3.8, 4) is 11.3 Å². The highest BCUT2D eigenvalue weighted by molar-refractivity contribution is 6.35. The second kappa shape index (κ2) is 20.9. The molecule has 1 aromatic heterocycles. The van der Waals surface area contributed by atoms with Gasteiger partial charge in [-0.15, -0.1) is 0 Å². The number of aliphatic imine (C=N–C) groups is 1. The molecule has 13 heteroatoms. The van der Waals surface area contributed by atoms with Crippen LogP contribution in [0.3, 0.4) is 0 Å². The third kappa shape index (κ3) is 12.9. The predicted molar refractivity (Wildman–Crippen MR) is 193 cm³/mol. The number of likely N-dealkylation sites (tertiary alicyclic amines) is 1. The van der Waals surface area contributed by atoms with Crippen LogP contribution in [0, 0.1) is 11.8 Å². The molecule has 1 unspecified atom stereocenters. The predicted octanol–water partition coefficient (Wildman–Crippen LogP) is 4.73. The van der Waals surface area contributed by atoms with Crippen molar-refractivity contribution < 1.29 is 19.5 Å². The molecule has 48 heavy (non-hydrogen) atoms. The molecule has 1 atom stereocenters. The Kier molecular flexibility index (Phi) is 17.0. The van der Waals surface area contributed by atoms with Gasteiger partial charge in [0.15, 0.2) is 6.29 Å². The van der Waals surface area contributed by atoms with Crippen LogP contribution < -0.4 is 10.6 Å². The summed E-state index contributed by atoms with van der Waals surface area (Å²) in [4.78, 5) is 50.1. The van der Waals surface area contributed by atoms with Gasteiger partial charge < -0.3 is 25.4 Å². The van der Waals surface area contributed by atoms with Crippen molar-refractivity contribution >= 4 is 53.7 Å². The maximum atomic E-state index is 11.7. The largest absolute Gasteiger partial charge is 0.400 e. The van der Waals surface area contributed by atoms with Crippen molar-refractivity contribution in [2.45, 2.75) is 46.1 Å². The number of aromatic nitrogens is 1. The van der Waals surface area contributed by atoms with Crippen molar-refractivity contribution in [3.63, 3.8) is 0 Å². The third-order valence-electron chi connectivity index (χ3n) is 8.51. The molecule has 11 nitrogen and oxygen atoms in total. The van der Waals surface area contributed by atoms with Crippen LogP contribution in [0.4, 0.5) is 5.82 Å². The molecule has 262 valence electrons. The van der Waals surface area contributed by atoms with Crippen molar-refractivity contribution in [1.29, 1.82) is 0 Å². The van der Waals surface area contributed by atoms with Gasteiger partial charge in [0.2, 0.25) is 5.91 Å². The van der Waals surface area contributed by atoms with Gasteiger partial charge in [0.25, 0.3) is 0 Å². The van der Waals surface area contributed by atoms with Crippen LogP contribution in [0.25, 0.3) is 11.3 Å². The van der Waals surface area contributed by atoms with Crippen LogP contribution in [-0.4, -0.2) is 109 Å². The minimum absolute atomic E-state index is 0.0533. The molecule has 4 rings (SSSR count). The summed E-state index contributed by atoms with van der Waals surface area (Å²) in [5, 5.41) is 14.4. The molecule has 0 radical (unpaired) electrons. The number of nitrogens with zero attached hydrogens (tertiary/aromatic N) is 5. The lowest BCUT2D eigenvalue weighted by molar-refractivity contribution is -0.121. The number of pyridine rings is 1. The molecule has 2 aliphatic heterocycles. The number of benzene rings is 1. The first-order valence-electron chi connectivity index (χ1n) is 16.5. The van der Waals surface area contributed by atoms with Gasteiger partial charge in [-0.05, 0) is 80.7 Å². The molecule has 0 bridgehead atoms. The summed E-state index contributed by atoms with van der Waals surface area (Å²) in [6.07, 6.45) is 8.14. The van der Waals surface area contributed by atoms with Gasteiger partial charge in [-0.25, -0.2) is 9.98 Å². The monoisotopic (exact) mass is 701 g/mol. The number of carbonyl (C=O) groups is 3. The molecule has 2 saturated heterocycles. The molecule has 3 heterocycles. The van der Waals surface area contributed by atoms with E-state index in [1.807, 2.05) is 32.0 Å².